The highest BCUT2D eigenvalue weighted by Crippen LogP contribution is 2.26. The van der Waals surface area contributed by atoms with E-state index in [9.17, 15) is 5.11 Å². The topological polar surface area (TPSA) is 36.4 Å². The van der Waals surface area contributed by atoms with Gasteiger partial charge in [-0.2, -0.15) is 0 Å². The Hall–Kier alpha value is -1.09. The molecule has 1 aromatic heterocycles. The Morgan fingerprint density at radius 3 is 2.38 bits per heavy atom. The van der Waals surface area contributed by atoms with E-state index < -0.39 is 6.10 Å². The third-order valence-electron chi connectivity index (χ3n) is 3.57. The van der Waals surface area contributed by atoms with Gasteiger partial charge in [-0.3, -0.25) is 0 Å². The van der Waals surface area contributed by atoms with Crippen LogP contribution in [0.1, 0.15) is 32.4 Å². The summed E-state index contributed by atoms with van der Waals surface area (Å²) in [6.45, 7) is 8.50. The molecule has 16 heavy (non-hydrogen) atoms. The fourth-order valence-corrected chi connectivity index (χ4v) is 2.15. The van der Waals surface area contributed by atoms with Crippen molar-refractivity contribution in [3.8, 4) is 0 Å². The lowest BCUT2D eigenvalue weighted by molar-refractivity contribution is 0.199. The van der Waals surface area contributed by atoms with Gasteiger partial charge in [0.2, 0.25) is 0 Å². The number of aromatic nitrogens is 1. The van der Waals surface area contributed by atoms with Gasteiger partial charge in [0, 0.05) is 19.3 Å². The van der Waals surface area contributed by atoms with Crippen LogP contribution in [-0.4, -0.2) is 23.2 Å². The summed E-state index contributed by atoms with van der Waals surface area (Å²) < 4.78 is 0. The molecule has 2 rings (SSSR count). The molecule has 1 aliphatic rings. The maximum atomic E-state index is 9.41. The Kier molecular flexibility index (Phi) is 3.15. The molecule has 0 bridgehead atoms. The molecule has 0 aliphatic carbocycles. The highest BCUT2D eigenvalue weighted by molar-refractivity contribution is 5.41. The van der Waals surface area contributed by atoms with Crippen molar-refractivity contribution in [2.24, 2.45) is 11.8 Å². The molecule has 1 fully saturated rings. The molecule has 0 amide bonds. The smallest absolute Gasteiger partial charge is 0.128 e. The second-order valence-electron chi connectivity index (χ2n) is 4.99. The van der Waals surface area contributed by atoms with Crippen LogP contribution in [0.3, 0.4) is 0 Å². The molecular weight excluding hydrogens is 200 g/mol. The Balaban J connectivity index is 2.11. The number of aliphatic hydroxyl groups excluding tert-OH is 1. The normalized spacial score (nSPS) is 27.1. The van der Waals surface area contributed by atoms with Gasteiger partial charge in [-0.1, -0.05) is 19.9 Å². The quantitative estimate of drug-likeness (QED) is 0.830. The van der Waals surface area contributed by atoms with Gasteiger partial charge in [-0.15, -0.1) is 0 Å². The predicted molar refractivity (Wildman–Crippen MR) is 65.4 cm³/mol. The van der Waals surface area contributed by atoms with Gasteiger partial charge >= 0.3 is 0 Å². The van der Waals surface area contributed by atoms with Crippen LogP contribution in [-0.2, 0) is 0 Å². The number of pyridine rings is 1. The van der Waals surface area contributed by atoms with Crippen LogP contribution in [0.5, 0.6) is 0 Å². The van der Waals surface area contributed by atoms with E-state index in [4.69, 9.17) is 0 Å². The van der Waals surface area contributed by atoms with Crippen LogP contribution in [0.4, 0.5) is 5.82 Å². The third-order valence-corrected chi connectivity index (χ3v) is 3.57. The van der Waals surface area contributed by atoms with E-state index >= 15 is 0 Å². The molecule has 0 saturated carbocycles. The average Bonchev–Trinajstić information content (AvgIpc) is 2.59. The van der Waals surface area contributed by atoms with Crippen LogP contribution < -0.4 is 4.90 Å². The van der Waals surface area contributed by atoms with Crippen molar-refractivity contribution in [1.82, 2.24) is 4.98 Å². The van der Waals surface area contributed by atoms with Crippen LogP contribution in [0.25, 0.3) is 0 Å². The van der Waals surface area contributed by atoms with Gasteiger partial charge in [0.05, 0.1) is 6.10 Å². The van der Waals surface area contributed by atoms with Crippen molar-refractivity contribution in [2.75, 3.05) is 18.0 Å². The molecule has 1 aromatic rings. The molecule has 1 aliphatic heterocycles. The second-order valence-corrected chi connectivity index (χ2v) is 4.99. The number of hydrogen-bond donors (Lipinski definition) is 1. The van der Waals surface area contributed by atoms with Crippen molar-refractivity contribution in [3.63, 3.8) is 0 Å². The largest absolute Gasteiger partial charge is 0.389 e. The lowest BCUT2D eigenvalue weighted by Crippen LogP contribution is -2.20. The molecule has 2 unspecified atom stereocenters. The van der Waals surface area contributed by atoms with Crippen LogP contribution >= 0.6 is 0 Å². The lowest BCUT2D eigenvalue weighted by Gasteiger charge is -2.17. The molecule has 1 N–H and O–H groups in total. The number of rotatable bonds is 2. The third kappa shape index (κ3) is 2.19. The van der Waals surface area contributed by atoms with Gasteiger partial charge in [0.1, 0.15) is 5.82 Å². The van der Waals surface area contributed by atoms with Crippen molar-refractivity contribution in [1.29, 1.82) is 0 Å². The van der Waals surface area contributed by atoms with Crippen LogP contribution in [0.15, 0.2) is 18.3 Å². The molecule has 3 heteroatoms. The summed E-state index contributed by atoms with van der Waals surface area (Å²) >= 11 is 0. The average molecular weight is 220 g/mol. The van der Waals surface area contributed by atoms with E-state index in [2.05, 4.69) is 23.7 Å². The SMILES string of the molecule is CC1CN(c2ccc([C@@H](C)O)cn2)CC1C. The zero-order valence-electron chi connectivity index (χ0n) is 10.2. The molecule has 88 valence electrons. The summed E-state index contributed by atoms with van der Waals surface area (Å²) in [7, 11) is 0. The van der Waals surface area contributed by atoms with Gasteiger partial charge in [-0.05, 0) is 30.4 Å². The van der Waals surface area contributed by atoms with Crippen molar-refractivity contribution in [2.45, 2.75) is 26.9 Å². The van der Waals surface area contributed by atoms with Crippen LogP contribution in [0.2, 0.25) is 0 Å². The minimum absolute atomic E-state index is 0.432. The Morgan fingerprint density at radius 2 is 1.94 bits per heavy atom. The van der Waals surface area contributed by atoms with Crippen molar-refractivity contribution in [3.05, 3.63) is 23.9 Å². The number of aliphatic hydroxyl groups is 1. The summed E-state index contributed by atoms with van der Waals surface area (Å²) in [5, 5.41) is 9.41. The van der Waals surface area contributed by atoms with Gasteiger partial charge in [0.15, 0.2) is 0 Å². The first kappa shape index (κ1) is 11.4. The minimum Gasteiger partial charge on any atom is -0.389 e. The summed E-state index contributed by atoms with van der Waals surface area (Å²) in [6.07, 6.45) is 1.34. The summed E-state index contributed by atoms with van der Waals surface area (Å²) in [5.74, 6) is 2.50. The number of nitrogens with zero attached hydrogens (tertiary/aromatic N) is 2. The highest BCUT2D eigenvalue weighted by atomic mass is 16.3. The van der Waals surface area contributed by atoms with E-state index in [0.717, 1.165) is 36.3 Å². The monoisotopic (exact) mass is 220 g/mol. The molecule has 2 heterocycles. The van der Waals surface area contributed by atoms with E-state index in [1.54, 1.807) is 13.1 Å². The van der Waals surface area contributed by atoms with E-state index in [1.165, 1.54) is 0 Å². The summed E-state index contributed by atoms with van der Waals surface area (Å²) in [5.41, 5.74) is 0.879. The highest BCUT2D eigenvalue weighted by Gasteiger charge is 2.26. The fourth-order valence-electron chi connectivity index (χ4n) is 2.15. The summed E-state index contributed by atoms with van der Waals surface area (Å²) in [6, 6.07) is 3.97. The number of anilines is 1. The van der Waals surface area contributed by atoms with E-state index in [-0.39, 0.29) is 0 Å². The first-order valence-electron chi connectivity index (χ1n) is 5.97. The van der Waals surface area contributed by atoms with Crippen LogP contribution in [0, 0.1) is 11.8 Å². The molecule has 0 radical (unpaired) electrons. The Morgan fingerprint density at radius 1 is 1.31 bits per heavy atom. The predicted octanol–water partition coefficient (Wildman–Crippen LogP) is 2.23. The second kappa shape index (κ2) is 4.42. The molecule has 0 spiro atoms. The zero-order chi connectivity index (χ0) is 11.7. The maximum Gasteiger partial charge on any atom is 0.128 e. The number of hydrogen-bond acceptors (Lipinski definition) is 3. The molecule has 0 aromatic carbocycles. The van der Waals surface area contributed by atoms with E-state index in [0.29, 0.717) is 0 Å². The lowest BCUT2D eigenvalue weighted by atomic mass is 10.0. The Labute approximate surface area is 97.1 Å². The minimum atomic E-state index is -0.432. The molecule has 1 saturated heterocycles. The molecule has 3 nitrogen and oxygen atoms in total. The van der Waals surface area contributed by atoms with Gasteiger partial charge in [0.25, 0.3) is 0 Å². The first-order valence-corrected chi connectivity index (χ1v) is 5.97. The molecular formula is C13H20N2O. The zero-order valence-corrected chi connectivity index (χ0v) is 10.2. The molecule has 3 atom stereocenters. The maximum absolute atomic E-state index is 9.41. The van der Waals surface area contributed by atoms with Gasteiger partial charge in [-0.25, -0.2) is 4.98 Å². The van der Waals surface area contributed by atoms with Gasteiger partial charge < -0.3 is 10.0 Å². The summed E-state index contributed by atoms with van der Waals surface area (Å²) in [4.78, 5) is 6.74. The standard InChI is InChI=1S/C13H20N2O/c1-9-7-15(8-10(9)2)13-5-4-12(6-14-13)11(3)16/h4-6,9-11,16H,7-8H2,1-3H3/t9?,10?,11-/m1/s1. The van der Waals surface area contributed by atoms with E-state index in [1.807, 2.05) is 12.1 Å². The fraction of sp³-hybridized carbons (Fsp3) is 0.615. The first-order chi connectivity index (χ1) is 7.58. The van der Waals surface area contributed by atoms with Crippen molar-refractivity contribution >= 4 is 5.82 Å². The van der Waals surface area contributed by atoms with Crippen molar-refractivity contribution < 1.29 is 5.11 Å². The Bertz CT molecular complexity index is 337.